The van der Waals surface area contributed by atoms with Gasteiger partial charge >= 0.3 is 0 Å². The van der Waals surface area contributed by atoms with Crippen molar-refractivity contribution in [2.24, 2.45) is 0 Å². The summed E-state index contributed by atoms with van der Waals surface area (Å²) in [6.45, 7) is 7.65. The van der Waals surface area contributed by atoms with E-state index in [1.54, 1.807) is 19.0 Å². The zero-order valence-corrected chi connectivity index (χ0v) is 9.71. The van der Waals surface area contributed by atoms with Gasteiger partial charge in [-0.25, -0.2) is 0 Å². The molecule has 0 aliphatic carbocycles. The lowest BCUT2D eigenvalue weighted by Gasteiger charge is -2.21. The first kappa shape index (κ1) is 13.2. The molecule has 0 aliphatic rings. The largest absolute Gasteiger partial charge is 0.347 e. The predicted molar refractivity (Wildman–Crippen MR) is 60.2 cm³/mol. The number of likely N-dealkylation sites (N-methyl/N-ethyl adjacent to an activating group) is 1. The molecule has 14 heavy (non-hydrogen) atoms. The van der Waals surface area contributed by atoms with E-state index in [1.807, 2.05) is 13.0 Å². The van der Waals surface area contributed by atoms with Crippen molar-refractivity contribution in [3.05, 3.63) is 12.7 Å². The standard InChI is InChI=1S/C11H22N2O/c1-6-7-8-9(2)12-10(3)11(14)13(4)5/h6,9-10,12H,1,7-8H2,2-5H3/t9?,10-/m1/s1. The van der Waals surface area contributed by atoms with Crippen LogP contribution in [0.3, 0.4) is 0 Å². The molecule has 0 saturated carbocycles. The molecular formula is C11H22N2O. The van der Waals surface area contributed by atoms with Gasteiger partial charge in [-0.1, -0.05) is 6.08 Å². The van der Waals surface area contributed by atoms with Crippen LogP contribution in [0.15, 0.2) is 12.7 Å². The molecule has 0 heterocycles. The molecule has 0 bridgehead atoms. The lowest BCUT2D eigenvalue weighted by atomic mass is 10.1. The second kappa shape index (κ2) is 6.60. The zero-order chi connectivity index (χ0) is 11.1. The Morgan fingerprint density at radius 3 is 2.50 bits per heavy atom. The maximum absolute atomic E-state index is 11.5. The van der Waals surface area contributed by atoms with Crippen LogP contribution < -0.4 is 5.32 Å². The third kappa shape index (κ3) is 5.02. The van der Waals surface area contributed by atoms with E-state index in [4.69, 9.17) is 0 Å². The molecule has 0 spiro atoms. The molecule has 0 saturated heterocycles. The Bertz CT molecular complexity index is 190. The summed E-state index contributed by atoms with van der Waals surface area (Å²) >= 11 is 0. The van der Waals surface area contributed by atoms with Crippen LogP contribution in [0.1, 0.15) is 26.7 Å². The average Bonchev–Trinajstić information content (AvgIpc) is 2.13. The first-order valence-electron chi connectivity index (χ1n) is 5.07. The molecule has 3 heteroatoms. The number of nitrogens with one attached hydrogen (secondary N) is 1. The lowest BCUT2D eigenvalue weighted by Crippen LogP contribution is -2.45. The predicted octanol–water partition coefficient (Wildman–Crippen LogP) is 1.41. The second-order valence-corrected chi connectivity index (χ2v) is 3.89. The third-order valence-electron chi connectivity index (χ3n) is 2.15. The van der Waals surface area contributed by atoms with Gasteiger partial charge in [0.05, 0.1) is 6.04 Å². The van der Waals surface area contributed by atoms with Crippen LogP contribution in [-0.2, 0) is 4.79 Å². The highest BCUT2D eigenvalue weighted by Gasteiger charge is 2.15. The third-order valence-corrected chi connectivity index (χ3v) is 2.15. The van der Waals surface area contributed by atoms with E-state index < -0.39 is 0 Å². The topological polar surface area (TPSA) is 32.3 Å². The van der Waals surface area contributed by atoms with Gasteiger partial charge in [-0.15, -0.1) is 6.58 Å². The van der Waals surface area contributed by atoms with Gasteiger partial charge in [0, 0.05) is 20.1 Å². The number of hydrogen-bond donors (Lipinski definition) is 1. The van der Waals surface area contributed by atoms with Crippen molar-refractivity contribution in [2.45, 2.75) is 38.8 Å². The summed E-state index contributed by atoms with van der Waals surface area (Å²) in [6, 6.07) is 0.247. The summed E-state index contributed by atoms with van der Waals surface area (Å²) in [5.41, 5.74) is 0. The Hall–Kier alpha value is -0.830. The van der Waals surface area contributed by atoms with Gasteiger partial charge in [0.25, 0.3) is 0 Å². The van der Waals surface area contributed by atoms with Gasteiger partial charge in [0.1, 0.15) is 0 Å². The van der Waals surface area contributed by atoms with Crippen LogP contribution >= 0.6 is 0 Å². The lowest BCUT2D eigenvalue weighted by molar-refractivity contribution is -0.130. The molecule has 0 radical (unpaired) electrons. The van der Waals surface area contributed by atoms with Crippen molar-refractivity contribution in [1.29, 1.82) is 0 Å². The van der Waals surface area contributed by atoms with Gasteiger partial charge in [-0.3, -0.25) is 4.79 Å². The van der Waals surface area contributed by atoms with Crippen molar-refractivity contribution < 1.29 is 4.79 Å². The van der Waals surface area contributed by atoms with Gasteiger partial charge in [0.15, 0.2) is 0 Å². The fourth-order valence-corrected chi connectivity index (χ4v) is 1.34. The van der Waals surface area contributed by atoms with E-state index in [1.165, 1.54) is 0 Å². The van der Waals surface area contributed by atoms with Crippen molar-refractivity contribution in [3.63, 3.8) is 0 Å². The molecule has 1 amide bonds. The smallest absolute Gasteiger partial charge is 0.238 e. The molecule has 0 rings (SSSR count). The van der Waals surface area contributed by atoms with Crippen LogP contribution in [0, 0.1) is 0 Å². The summed E-state index contributed by atoms with van der Waals surface area (Å²) in [5.74, 6) is 0.121. The number of allylic oxidation sites excluding steroid dienone is 1. The van der Waals surface area contributed by atoms with Gasteiger partial charge in [-0.2, -0.15) is 0 Å². The summed E-state index contributed by atoms with van der Waals surface area (Å²) in [5, 5.41) is 3.26. The summed E-state index contributed by atoms with van der Waals surface area (Å²) in [7, 11) is 3.55. The van der Waals surface area contributed by atoms with E-state index in [0.717, 1.165) is 12.8 Å². The zero-order valence-electron chi connectivity index (χ0n) is 9.71. The van der Waals surface area contributed by atoms with E-state index in [0.29, 0.717) is 6.04 Å². The second-order valence-electron chi connectivity index (χ2n) is 3.89. The van der Waals surface area contributed by atoms with Crippen LogP contribution in [0.4, 0.5) is 0 Å². The Balaban J connectivity index is 3.86. The number of carbonyl (C=O) groups is 1. The minimum Gasteiger partial charge on any atom is -0.347 e. The summed E-state index contributed by atoms with van der Waals surface area (Å²) in [6.07, 6.45) is 3.90. The van der Waals surface area contributed by atoms with E-state index >= 15 is 0 Å². The van der Waals surface area contributed by atoms with Crippen LogP contribution in [0.2, 0.25) is 0 Å². The molecule has 1 N–H and O–H groups in total. The Kier molecular flexibility index (Phi) is 6.21. The molecule has 0 aromatic carbocycles. The van der Waals surface area contributed by atoms with Crippen LogP contribution in [0.5, 0.6) is 0 Å². The van der Waals surface area contributed by atoms with Crippen LogP contribution in [-0.4, -0.2) is 37.0 Å². The summed E-state index contributed by atoms with van der Waals surface area (Å²) < 4.78 is 0. The van der Waals surface area contributed by atoms with Gasteiger partial charge in [-0.05, 0) is 26.7 Å². The quantitative estimate of drug-likeness (QED) is 0.654. The van der Waals surface area contributed by atoms with Crippen molar-refractivity contribution in [1.82, 2.24) is 10.2 Å². The first-order chi connectivity index (χ1) is 6.49. The fourth-order valence-electron chi connectivity index (χ4n) is 1.34. The SMILES string of the molecule is C=CCCC(C)N[C@H](C)C(=O)N(C)C. The monoisotopic (exact) mass is 198 g/mol. The normalized spacial score (nSPS) is 14.6. The van der Waals surface area contributed by atoms with Crippen LogP contribution in [0.25, 0.3) is 0 Å². The Morgan fingerprint density at radius 1 is 1.50 bits per heavy atom. The highest BCUT2D eigenvalue weighted by molar-refractivity contribution is 5.80. The number of nitrogens with zero attached hydrogens (tertiary/aromatic N) is 1. The van der Waals surface area contributed by atoms with Gasteiger partial charge < -0.3 is 10.2 Å². The number of hydrogen-bond acceptors (Lipinski definition) is 2. The number of amides is 1. The Labute approximate surface area is 87.2 Å². The summed E-state index contributed by atoms with van der Waals surface area (Å²) in [4.78, 5) is 13.1. The molecule has 3 nitrogen and oxygen atoms in total. The number of rotatable bonds is 6. The maximum atomic E-state index is 11.5. The number of carbonyl (C=O) groups excluding carboxylic acids is 1. The molecule has 82 valence electrons. The van der Waals surface area contributed by atoms with Gasteiger partial charge in [0.2, 0.25) is 5.91 Å². The molecule has 2 atom stereocenters. The molecule has 0 aromatic heterocycles. The van der Waals surface area contributed by atoms with E-state index in [-0.39, 0.29) is 11.9 Å². The fraction of sp³-hybridized carbons (Fsp3) is 0.727. The molecule has 1 unspecified atom stereocenters. The minimum absolute atomic E-state index is 0.107. The molecule has 0 fully saturated rings. The van der Waals surface area contributed by atoms with Crippen molar-refractivity contribution in [2.75, 3.05) is 14.1 Å². The van der Waals surface area contributed by atoms with E-state index in [2.05, 4.69) is 18.8 Å². The maximum Gasteiger partial charge on any atom is 0.238 e. The van der Waals surface area contributed by atoms with E-state index in [9.17, 15) is 4.79 Å². The first-order valence-corrected chi connectivity index (χ1v) is 5.07. The molecule has 0 aromatic rings. The van der Waals surface area contributed by atoms with Crippen molar-refractivity contribution in [3.8, 4) is 0 Å². The average molecular weight is 198 g/mol. The molecular weight excluding hydrogens is 176 g/mol. The minimum atomic E-state index is -0.107. The highest BCUT2D eigenvalue weighted by atomic mass is 16.2. The highest BCUT2D eigenvalue weighted by Crippen LogP contribution is 1.99. The van der Waals surface area contributed by atoms with Crippen molar-refractivity contribution >= 4 is 5.91 Å². The molecule has 0 aliphatic heterocycles. The Morgan fingerprint density at radius 2 is 2.07 bits per heavy atom.